The third-order valence-electron chi connectivity index (χ3n) is 10.5. The SMILES string of the molecule is CCC(CC(C(N)=O)(c1cccc(Cl)c1)C1CCN(C(c2ccccc2)(c2ccccc2)c2ccccc2)CC1)c1ccc(Cl)c(Cl)c1. The zero-order chi connectivity index (χ0) is 33.7. The Kier molecular flexibility index (Phi) is 10.6. The van der Waals surface area contributed by atoms with Gasteiger partial charge in [0.1, 0.15) is 0 Å². The molecule has 1 fully saturated rings. The molecule has 1 aliphatic heterocycles. The lowest BCUT2D eigenvalue weighted by Crippen LogP contribution is -2.56. The molecule has 0 radical (unpaired) electrons. The first-order valence-corrected chi connectivity index (χ1v) is 17.9. The minimum atomic E-state index is -0.946. The Hall–Kier alpha value is -3.60. The minimum Gasteiger partial charge on any atom is -0.369 e. The average Bonchev–Trinajstić information content (AvgIpc) is 3.12. The van der Waals surface area contributed by atoms with Gasteiger partial charge in [0.05, 0.1) is 21.0 Å². The molecule has 1 aliphatic rings. The van der Waals surface area contributed by atoms with Crippen LogP contribution in [0.4, 0.5) is 0 Å². The molecule has 2 N–H and O–H groups in total. The number of halogens is 3. The molecule has 0 aliphatic carbocycles. The largest absolute Gasteiger partial charge is 0.369 e. The zero-order valence-corrected chi connectivity index (χ0v) is 29.4. The van der Waals surface area contributed by atoms with Crippen molar-refractivity contribution in [1.82, 2.24) is 4.90 Å². The van der Waals surface area contributed by atoms with Gasteiger partial charge in [0.25, 0.3) is 0 Å². The van der Waals surface area contributed by atoms with E-state index >= 15 is 0 Å². The van der Waals surface area contributed by atoms with Crippen molar-refractivity contribution in [2.75, 3.05) is 13.1 Å². The van der Waals surface area contributed by atoms with E-state index in [0.717, 1.165) is 43.5 Å². The van der Waals surface area contributed by atoms with E-state index in [1.54, 1.807) is 0 Å². The number of nitrogens with two attached hydrogens (primary N) is 1. The fourth-order valence-corrected chi connectivity index (χ4v) is 8.67. The van der Waals surface area contributed by atoms with E-state index in [0.29, 0.717) is 21.5 Å². The highest BCUT2D eigenvalue weighted by molar-refractivity contribution is 6.42. The highest BCUT2D eigenvalue weighted by atomic mass is 35.5. The van der Waals surface area contributed by atoms with Gasteiger partial charge in [-0.05, 0) is 103 Å². The molecule has 0 saturated carbocycles. The van der Waals surface area contributed by atoms with Crippen LogP contribution in [-0.2, 0) is 15.7 Å². The molecule has 2 unspecified atom stereocenters. The molecular formula is C42H41Cl3N2O. The monoisotopic (exact) mass is 694 g/mol. The quantitative estimate of drug-likeness (QED) is 0.140. The second-order valence-electron chi connectivity index (χ2n) is 12.9. The van der Waals surface area contributed by atoms with Gasteiger partial charge in [0.2, 0.25) is 5.91 Å². The number of piperidine rings is 1. The number of carbonyl (C=O) groups excluding carboxylic acids is 1. The van der Waals surface area contributed by atoms with E-state index < -0.39 is 11.0 Å². The predicted octanol–water partition coefficient (Wildman–Crippen LogP) is 10.7. The number of benzene rings is 5. The number of amides is 1. The number of likely N-dealkylation sites (tertiary alicyclic amines) is 1. The van der Waals surface area contributed by atoms with E-state index in [1.807, 2.05) is 42.5 Å². The Labute approximate surface area is 299 Å². The Balaban J connectivity index is 1.44. The Morgan fingerprint density at radius 2 is 1.23 bits per heavy atom. The topological polar surface area (TPSA) is 46.3 Å². The fourth-order valence-electron chi connectivity index (χ4n) is 8.18. The van der Waals surface area contributed by atoms with Gasteiger partial charge in [-0.2, -0.15) is 0 Å². The molecule has 246 valence electrons. The van der Waals surface area contributed by atoms with Crippen LogP contribution in [0, 0.1) is 5.92 Å². The molecule has 5 aromatic rings. The second kappa shape index (κ2) is 14.9. The van der Waals surface area contributed by atoms with Gasteiger partial charge in [-0.25, -0.2) is 0 Å². The summed E-state index contributed by atoms with van der Waals surface area (Å²) in [5.41, 5.74) is 10.7. The molecule has 6 heteroatoms. The van der Waals surface area contributed by atoms with Crippen LogP contribution in [0.3, 0.4) is 0 Å². The Morgan fingerprint density at radius 3 is 1.69 bits per heavy atom. The van der Waals surface area contributed by atoms with Crippen molar-refractivity contribution >= 4 is 40.7 Å². The molecule has 0 aromatic heterocycles. The normalized spacial score (nSPS) is 16.2. The molecule has 1 amide bonds. The predicted molar refractivity (Wildman–Crippen MR) is 200 cm³/mol. The summed E-state index contributed by atoms with van der Waals surface area (Å²) in [6.07, 6.45) is 2.91. The summed E-state index contributed by atoms with van der Waals surface area (Å²) in [7, 11) is 0. The summed E-state index contributed by atoms with van der Waals surface area (Å²) in [4.78, 5) is 16.7. The van der Waals surface area contributed by atoms with Gasteiger partial charge < -0.3 is 5.73 Å². The lowest BCUT2D eigenvalue weighted by atomic mass is 9.60. The summed E-state index contributed by atoms with van der Waals surface area (Å²) in [6, 6.07) is 45.8. The maximum atomic E-state index is 14.1. The van der Waals surface area contributed by atoms with Gasteiger partial charge in [-0.1, -0.05) is 151 Å². The Morgan fingerprint density at radius 1 is 0.708 bits per heavy atom. The summed E-state index contributed by atoms with van der Waals surface area (Å²) in [5.74, 6) is -0.301. The van der Waals surface area contributed by atoms with Crippen LogP contribution in [0.15, 0.2) is 133 Å². The molecule has 0 bridgehead atoms. The Bertz CT molecular complexity index is 1730. The highest BCUT2D eigenvalue weighted by Crippen LogP contribution is 2.50. The fraction of sp³-hybridized carbons (Fsp3) is 0.262. The number of rotatable bonds is 11. The summed E-state index contributed by atoms with van der Waals surface area (Å²) >= 11 is 19.4. The van der Waals surface area contributed by atoms with Crippen molar-refractivity contribution in [3.8, 4) is 0 Å². The number of hydrogen-bond acceptors (Lipinski definition) is 2. The molecule has 2 atom stereocenters. The van der Waals surface area contributed by atoms with Crippen molar-refractivity contribution in [1.29, 1.82) is 0 Å². The van der Waals surface area contributed by atoms with Crippen LogP contribution in [0.5, 0.6) is 0 Å². The summed E-state index contributed by atoms with van der Waals surface area (Å²) in [6.45, 7) is 3.68. The summed E-state index contributed by atoms with van der Waals surface area (Å²) < 4.78 is 0. The first kappa shape index (κ1) is 34.3. The standard InChI is InChI=1S/C42H41Cl3N2O/c1-2-30(31-21-22-38(44)39(45)27-31)29-41(40(46)48,36-19-12-20-37(43)28-36)32-23-25-47(26-24-32)42(33-13-6-3-7-14-33,34-15-8-4-9-16-34)35-17-10-5-11-18-35/h3-22,27-28,30,32H,2,23-26,29H2,1H3,(H2,46,48). The second-order valence-corrected chi connectivity index (χ2v) is 14.1. The molecule has 3 nitrogen and oxygen atoms in total. The van der Waals surface area contributed by atoms with Gasteiger partial charge in [-0.3, -0.25) is 9.69 Å². The van der Waals surface area contributed by atoms with Crippen molar-refractivity contribution in [2.45, 2.75) is 49.5 Å². The first-order valence-electron chi connectivity index (χ1n) is 16.7. The van der Waals surface area contributed by atoms with Crippen molar-refractivity contribution in [3.63, 3.8) is 0 Å². The number of primary amides is 1. The minimum absolute atomic E-state index is 0.0124. The first-order chi connectivity index (χ1) is 23.3. The van der Waals surface area contributed by atoms with Gasteiger partial charge in [0.15, 0.2) is 0 Å². The van der Waals surface area contributed by atoms with Crippen molar-refractivity contribution in [3.05, 3.63) is 176 Å². The van der Waals surface area contributed by atoms with E-state index in [4.69, 9.17) is 40.5 Å². The van der Waals surface area contributed by atoms with Gasteiger partial charge >= 0.3 is 0 Å². The zero-order valence-electron chi connectivity index (χ0n) is 27.2. The van der Waals surface area contributed by atoms with Crippen LogP contribution in [0.2, 0.25) is 15.1 Å². The third kappa shape index (κ3) is 6.42. The molecule has 6 rings (SSSR count). The smallest absolute Gasteiger partial charge is 0.228 e. The molecule has 48 heavy (non-hydrogen) atoms. The van der Waals surface area contributed by atoms with Crippen molar-refractivity contribution < 1.29 is 4.79 Å². The third-order valence-corrected chi connectivity index (χ3v) is 11.5. The van der Waals surface area contributed by atoms with Crippen LogP contribution in [-0.4, -0.2) is 23.9 Å². The molecule has 5 aromatic carbocycles. The molecule has 1 heterocycles. The van der Waals surface area contributed by atoms with Crippen LogP contribution in [0.25, 0.3) is 0 Å². The lowest BCUT2D eigenvalue weighted by molar-refractivity contribution is -0.127. The van der Waals surface area contributed by atoms with Crippen molar-refractivity contribution in [2.24, 2.45) is 11.7 Å². The summed E-state index contributed by atoms with van der Waals surface area (Å²) in [5, 5.41) is 1.61. The number of hydrogen-bond donors (Lipinski definition) is 1. The van der Waals surface area contributed by atoms with Gasteiger partial charge in [0, 0.05) is 5.02 Å². The van der Waals surface area contributed by atoms with Crippen LogP contribution < -0.4 is 5.73 Å². The lowest BCUT2D eigenvalue weighted by Gasteiger charge is -2.51. The van der Waals surface area contributed by atoms with E-state index in [2.05, 4.69) is 103 Å². The van der Waals surface area contributed by atoms with E-state index in [-0.39, 0.29) is 17.7 Å². The molecule has 0 spiro atoms. The number of nitrogens with zero attached hydrogens (tertiary/aromatic N) is 1. The van der Waals surface area contributed by atoms with Gasteiger partial charge in [-0.15, -0.1) is 0 Å². The van der Waals surface area contributed by atoms with E-state index in [1.165, 1.54) is 16.7 Å². The number of carbonyl (C=O) groups is 1. The van der Waals surface area contributed by atoms with E-state index in [9.17, 15) is 4.79 Å². The molecule has 1 saturated heterocycles. The maximum Gasteiger partial charge on any atom is 0.228 e. The van der Waals surface area contributed by atoms with Crippen LogP contribution in [0.1, 0.15) is 66.3 Å². The molecular weight excluding hydrogens is 655 g/mol. The highest BCUT2D eigenvalue weighted by Gasteiger charge is 2.51. The van der Waals surface area contributed by atoms with Crippen LogP contribution >= 0.6 is 34.8 Å². The average molecular weight is 696 g/mol. The maximum absolute atomic E-state index is 14.1.